The molecule has 0 radical (unpaired) electrons. The fraction of sp³-hybridized carbons (Fsp3) is 0. The molecule has 15 rings (SSSR count). The Morgan fingerprint density at radius 3 is 0.929 bits per heavy atom. The number of rotatable bonds is 6. The maximum Gasteiger partial charge on any atom is -0.000718 e. The van der Waals surface area contributed by atoms with Crippen LogP contribution in [0.2, 0.25) is 0 Å². The maximum atomic E-state index is 2.48. The van der Waals surface area contributed by atoms with Crippen molar-refractivity contribution < 1.29 is 0 Å². The molecule has 0 bridgehead atoms. The van der Waals surface area contributed by atoms with Crippen LogP contribution in [0, 0.1) is 0 Å². The van der Waals surface area contributed by atoms with Gasteiger partial charge in [-0.1, -0.05) is 237 Å². The molecule has 0 aliphatic heterocycles. The van der Waals surface area contributed by atoms with Crippen LogP contribution >= 0.6 is 0 Å². The van der Waals surface area contributed by atoms with Crippen molar-refractivity contribution in [2.24, 2.45) is 0 Å². The van der Waals surface area contributed by atoms with Crippen LogP contribution < -0.4 is 0 Å². The first-order valence-electron chi connectivity index (χ1n) is 24.4. The molecule has 0 atom stereocenters. The highest BCUT2D eigenvalue weighted by molar-refractivity contribution is 6.36. The van der Waals surface area contributed by atoms with E-state index in [2.05, 4.69) is 255 Å². The van der Waals surface area contributed by atoms with Gasteiger partial charge in [0.1, 0.15) is 0 Å². The van der Waals surface area contributed by atoms with Gasteiger partial charge in [0.15, 0.2) is 0 Å². The topological polar surface area (TPSA) is 0 Å². The summed E-state index contributed by atoms with van der Waals surface area (Å²) in [6.07, 6.45) is 0. The molecule has 0 heteroatoms. The third kappa shape index (κ3) is 5.59. The molecule has 0 N–H and O–H groups in total. The first-order valence-corrected chi connectivity index (χ1v) is 24.4. The van der Waals surface area contributed by atoms with Gasteiger partial charge < -0.3 is 0 Å². The summed E-state index contributed by atoms with van der Waals surface area (Å²) in [6, 6.07) is 95.1. The highest BCUT2D eigenvalue weighted by Crippen LogP contribution is 2.65. The lowest BCUT2D eigenvalue weighted by Gasteiger charge is -2.23. The van der Waals surface area contributed by atoms with Crippen LogP contribution in [0.3, 0.4) is 0 Å². The maximum absolute atomic E-state index is 2.48. The van der Waals surface area contributed by atoms with Gasteiger partial charge >= 0.3 is 0 Å². The van der Waals surface area contributed by atoms with E-state index in [9.17, 15) is 0 Å². The van der Waals surface area contributed by atoms with Crippen molar-refractivity contribution in [3.8, 4) is 111 Å². The monoisotopic (exact) mass is 882 g/mol. The molecule has 2 aliphatic rings. The molecule has 0 aromatic heterocycles. The van der Waals surface area contributed by atoms with Gasteiger partial charge in [-0.15, -0.1) is 0 Å². The normalized spacial score (nSPS) is 12.0. The van der Waals surface area contributed by atoms with E-state index in [1.807, 2.05) is 0 Å². The zero-order valence-electron chi connectivity index (χ0n) is 38.2. The third-order valence-corrected chi connectivity index (χ3v) is 15.3. The quantitative estimate of drug-likeness (QED) is 0.146. The molecular formula is C70H42. The zero-order chi connectivity index (χ0) is 45.9. The molecule has 70 heavy (non-hydrogen) atoms. The smallest absolute Gasteiger partial charge is 0.000718 e. The molecule has 0 amide bonds. The molecule has 0 saturated heterocycles. The molecule has 0 unspecified atom stereocenters. The van der Waals surface area contributed by atoms with E-state index in [-0.39, 0.29) is 0 Å². The van der Waals surface area contributed by atoms with Gasteiger partial charge in [-0.25, -0.2) is 0 Å². The van der Waals surface area contributed by atoms with Crippen LogP contribution in [0.1, 0.15) is 0 Å². The largest absolute Gasteiger partial charge is 0.0622 e. The van der Waals surface area contributed by atoms with Gasteiger partial charge in [0.25, 0.3) is 0 Å². The van der Waals surface area contributed by atoms with E-state index in [1.165, 1.54) is 154 Å². The average molecular weight is 883 g/mol. The first kappa shape index (κ1) is 38.9. The molecule has 0 saturated carbocycles. The second-order valence-electron chi connectivity index (χ2n) is 19.0. The van der Waals surface area contributed by atoms with Crippen molar-refractivity contribution in [2.45, 2.75) is 0 Å². The zero-order valence-corrected chi connectivity index (χ0v) is 38.2. The average Bonchev–Trinajstić information content (AvgIpc) is 3.94. The Morgan fingerprint density at radius 2 is 0.486 bits per heavy atom. The van der Waals surface area contributed by atoms with Crippen LogP contribution in [-0.2, 0) is 0 Å². The number of hydrogen-bond donors (Lipinski definition) is 0. The Balaban J connectivity index is 1.12. The summed E-state index contributed by atoms with van der Waals surface area (Å²) in [5, 5.41) is 10.2. The van der Waals surface area contributed by atoms with E-state index >= 15 is 0 Å². The van der Waals surface area contributed by atoms with Crippen molar-refractivity contribution in [3.63, 3.8) is 0 Å². The molecular weight excluding hydrogens is 841 g/mol. The molecule has 322 valence electrons. The minimum Gasteiger partial charge on any atom is -0.0622 e. The molecule has 13 aromatic rings. The van der Waals surface area contributed by atoms with E-state index in [4.69, 9.17) is 0 Å². The molecule has 0 spiro atoms. The second-order valence-corrected chi connectivity index (χ2v) is 19.0. The van der Waals surface area contributed by atoms with Gasteiger partial charge in [-0.3, -0.25) is 0 Å². The fourth-order valence-electron chi connectivity index (χ4n) is 12.4. The van der Waals surface area contributed by atoms with E-state index < -0.39 is 0 Å². The SMILES string of the molecule is c1ccc(-c2ccc(-c3ccccc3)c(-c3c4c(c(-c5ccccc5)c5ccccc35)-c3ccc5c6c(ccc-4c36)-c3c-5c(-c4ccccc4)c4cc5ccccc5cc4c3-c3ccccc3)c2)cc1. The van der Waals surface area contributed by atoms with Gasteiger partial charge in [-0.05, 0) is 173 Å². The molecule has 2 aliphatic carbocycles. The number of hydrogen-bond acceptors (Lipinski definition) is 0. The highest BCUT2D eigenvalue weighted by atomic mass is 14.4. The van der Waals surface area contributed by atoms with Gasteiger partial charge in [0, 0.05) is 0 Å². The van der Waals surface area contributed by atoms with Crippen LogP contribution in [-0.4, -0.2) is 0 Å². The van der Waals surface area contributed by atoms with E-state index in [1.54, 1.807) is 0 Å². The Kier molecular flexibility index (Phi) is 8.46. The fourth-order valence-corrected chi connectivity index (χ4v) is 12.4. The van der Waals surface area contributed by atoms with Gasteiger partial charge in [-0.2, -0.15) is 0 Å². The van der Waals surface area contributed by atoms with Crippen molar-refractivity contribution in [1.82, 2.24) is 0 Å². The van der Waals surface area contributed by atoms with Crippen molar-refractivity contribution in [1.29, 1.82) is 0 Å². The van der Waals surface area contributed by atoms with E-state index in [0.717, 1.165) is 0 Å². The molecule has 0 nitrogen and oxygen atoms in total. The number of fused-ring (bicyclic) bond motifs is 9. The lowest BCUT2D eigenvalue weighted by Crippen LogP contribution is -1.96. The van der Waals surface area contributed by atoms with Crippen molar-refractivity contribution in [3.05, 3.63) is 255 Å². The standard InChI is InChI=1S/C70H42/c1-6-20-43(21-7-1)50-34-35-51(44-22-8-2-9-23-44)58(42-50)64-53-33-19-18-32-52(53)61(45-24-10-3-11-25-45)67-54-36-37-55-65-56(38-39-57(66(54)65)70(64)67)69-63(47-28-14-5-15-29-47)60-41-49-31-17-16-30-48(49)40-59(60)62(68(55)69)46-26-12-4-13-27-46/h1-42H. The van der Waals surface area contributed by atoms with Gasteiger partial charge in [0.2, 0.25) is 0 Å². The molecule has 0 heterocycles. The summed E-state index contributed by atoms with van der Waals surface area (Å²) >= 11 is 0. The number of benzene rings is 13. The second kappa shape index (κ2) is 15.2. The van der Waals surface area contributed by atoms with Gasteiger partial charge in [0.05, 0.1) is 0 Å². The minimum atomic E-state index is 1.20. The lowest BCUT2D eigenvalue weighted by atomic mass is 9.80. The summed E-state index contributed by atoms with van der Waals surface area (Å²) in [5.41, 5.74) is 25.3. The Bertz CT molecular complexity index is 4170. The Morgan fingerprint density at radius 1 is 0.157 bits per heavy atom. The van der Waals surface area contributed by atoms with Crippen LogP contribution in [0.25, 0.3) is 154 Å². The predicted molar refractivity (Wildman–Crippen MR) is 298 cm³/mol. The summed E-state index contributed by atoms with van der Waals surface area (Å²) < 4.78 is 0. The van der Waals surface area contributed by atoms with Crippen LogP contribution in [0.4, 0.5) is 0 Å². The van der Waals surface area contributed by atoms with Crippen LogP contribution in [0.5, 0.6) is 0 Å². The summed E-state index contributed by atoms with van der Waals surface area (Å²) in [7, 11) is 0. The summed E-state index contributed by atoms with van der Waals surface area (Å²) in [5.74, 6) is 0. The molecule has 13 aromatic carbocycles. The predicted octanol–water partition coefficient (Wildman–Crippen LogP) is 19.6. The van der Waals surface area contributed by atoms with E-state index in [0.29, 0.717) is 0 Å². The summed E-state index contributed by atoms with van der Waals surface area (Å²) in [4.78, 5) is 0. The Labute approximate surface area is 407 Å². The van der Waals surface area contributed by atoms with Crippen molar-refractivity contribution in [2.75, 3.05) is 0 Å². The lowest BCUT2D eigenvalue weighted by molar-refractivity contribution is 1.57. The first-order chi connectivity index (χ1) is 34.8. The summed E-state index contributed by atoms with van der Waals surface area (Å²) in [6.45, 7) is 0. The third-order valence-electron chi connectivity index (χ3n) is 15.3. The van der Waals surface area contributed by atoms with Crippen LogP contribution in [0.15, 0.2) is 255 Å². The van der Waals surface area contributed by atoms with Crippen molar-refractivity contribution >= 4 is 43.1 Å². The Hall–Kier alpha value is -9.10. The highest BCUT2D eigenvalue weighted by Gasteiger charge is 2.37. The minimum absolute atomic E-state index is 1.20. The molecule has 0 fully saturated rings.